The van der Waals surface area contributed by atoms with E-state index < -0.39 is 143 Å². The van der Waals surface area contributed by atoms with Gasteiger partial charge in [-0.1, -0.05) is 70.2 Å². The van der Waals surface area contributed by atoms with E-state index in [4.69, 9.17) is 19.3 Å². The third kappa shape index (κ3) is 13.2. The highest BCUT2D eigenvalue weighted by Gasteiger charge is 2.51. The number of amides is 4. The second kappa shape index (κ2) is 25.4. The Morgan fingerprint density at radius 1 is 0.899 bits per heavy atom. The van der Waals surface area contributed by atoms with Gasteiger partial charge in [-0.2, -0.15) is 0 Å². The normalized spacial score (nSPS) is 23.6. The molecule has 3 aromatic rings. The van der Waals surface area contributed by atoms with Gasteiger partial charge in [0.2, 0.25) is 29.4 Å². The number of hydrogen-bond acceptors (Lipinski definition) is 16. The topological polar surface area (TPSA) is 322 Å². The van der Waals surface area contributed by atoms with Crippen molar-refractivity contribution in [3.8, 4) is 17.2 Å². The van der Waals surface area contributed by atoms with Crippen molar-refractivity contribution in [2.45, 2.75) is 147 Å². The minimum atomic E-state index is -2.39. The Bertz CT molecular complexity index is 2850. The Kier molecular flexibility index (Phi) is 19.1. The monoisotopic (exact) mass is 1100 g/mol. The number of ketones is 4. The van der Waals surface area contributed by atoms with Crippen LogP contribution >= 0.6 is 0 Å². The molecule has 0 saturated carbocycles. The van der Waals surface area contributed by atoms with Crippen molar-refractivity contribution < 1.29 is 82.9 Å². The zero-order valence-corrected chi connectivity index (χ0v) is 45.4. The third-order valence-corrected chi connectivity index (χ3v) is 15.9. The summed E-state index contributed by atoms with van der Waals surface area (Å²) in [4.78, 5) is 123. The fourth-order valence-electron chi connectivity index (χ4n) is 11.3. The number of nitrogens with one attached hydrogen (secondary N) is 3. The maximum atomic E-state index is 14.7. The van der Waals surface area contributed by atoms with Crippen molar-refractivity contribution in [2.75, 3.05) is 26.8 Å². The van der Waals surface area contributed by atoms with Gasteiger partial charge >= 0.3 is 5.97 Å². The number of fused-ring (bicyclic) bond motifs is 3. The van der Waals surface area contributed by atoms with E-state index in [-0.39, 0.29) is 104 Å². The number of phenolic OH excluding ortho intramolecular Hbond substituents is 2. The summed E-state index contributed by atoms with van der Waals surface area (Å²) in [5.74, 6) is -9.35. The van der Waals surface area contributed by atoms with Gasteiger partial charge in [-0.3, -0.25) is 43.2 Å². The summed E-state index contributed by atoms with van der Waals surface area (Å²) in [7, 11) is 1.30. The number of benzene rings is 3. The van der Waals surface area contributed by atoms with Gasteiger partial charge in [-0.25, -0.2) is 0 Å². The van der Waals surface area contributed by atoms with E-state index in [1.54, 1.807) is 13.8 Å². The molecule has 4 amide bonds. The van der Waals surface area contributed by atoms with Gasteiger partial charge in [0.15, 0.2) is 23.6 Å². The van der Waals surface area contributed by atoms with Crippen molar-refractivity contribution in [3.05, 3.63) is 87.5 Å². The summed E-state index contributed by atoms with van der Waals surface area (Å²) >= 11 is 0. The Labute approximate surface area is 457 Å². The van der Waals surface area contributed by atoms with Crippen LogP contribution in [0.5, 0.6) is 17.2 Å². The number of aromatic hydroxyl groups is 2. The molecule has 79 heavy (non-hydrogen) atoms. The Morgan fingerprint density at radius 2 is 1.61 bits per heavy atom. The quantitative estimate of drug-likeness (QED) is 0.0490. The molecule has 2 aliphatic heterocycles. The summed E-state index contributed by atoms with van der Waals surface area (Å²) in [6, 6.07) is 10.9. The molecular formula is C58H72N4O17. The van der Waals surface area contributed by atoms with Gasteiger partial charge in [0.1, 0.15) is 35.5 Å². The number of aliphatic hydroxyl groups excluding tert-OH is 1. The van der Waals surface area contributed by atoms with Gasteiger partial charge < -0.3 is 60.6 Å². The summed E-state index contributed by atoms with van der Waals surface area (Å²) in [6.45, 7) is 8.31. The van der Waals surface area contributed by atoms with Gasteiger partial charge in [0, 0.05) is 85.7 Å². The van der Waals surface area contributed by atoms with Crippen LogP contribution in [0.1, 0.15) is 147 Å². The van der Waals surface area contributed by atoms with Crippen LogP contribution in [0.4, 0.5) is 0 Å². The first kappa shape index (κ1) is 59.6. The number of carboxylic acids is 1. The van der Waals surface area contributed by atoms with E-state index in [0.29, 0.717) is 12.8 Å². The number of Topliss-reactive ketones (excluding diaryl/α,β-unsaturated/α-hetero) is 2. The Hall–Kier alpha value is -7.07. The molecule has 2 saturated heterocycles. The fraction of sp³-hybridized carbons (Fsp3) is 0.534. The lowest BCUT2D eigenvalue weighted by molar-refractivity contribution is -0.238. The Balaban J connectivity index is 1.09. The average Bonchev–Trinajstić information content (AvgIpc) is 4.06. The molecule has 426 valence electrons. The number of likely N-dealkylation sites (tertiary alicyclic amines) is 1. The summed E-state index contributed by atoms with van der Waals surface area (Å²) in [5, 5.41) is 63.2. The number of phenols is 2. The molecule has 0 aromatic heterocycles. The second-order valence-corrected chi connectivity index (χ2v) is 21.9. The minimum Gasteiger partial charge on any atom is -0.507 e. The van der Waals surface area contributed by atoms with Crippen LogP contribution in [0.15, 0.2) is 48.5 Å². The van der Waals surface area contributed by atoms with Crippen LogP contribution in [-0.2, 0) is 55.9 Å². The van der Waals surface area contributed by atoms with Crippen molar-refractivity contribution in [3.63, 3.8) is 0 Å². The summed E-state index contributed by atoms with van der Waals surface area (Å²) < 4.78 is 18.2. The summed E-state index contributed by atoms with van der Waals surface area (Å²) in [5.41, 5.74) is -3.40. The first-order valence-electron chi connectivity index (χ1n) is 27.0. The van der Waals surface area contributed by atoms with E-state index in [1.807, 2.05) is 51.1 Å². The van der Waals surface area contributed by atoms with Crippen molar-refractivity contribution in [1.82, 2.24) is 20.9 Å². The molecule has 10 atom stereocenters. The van der Waals surface area contributed by atoms with Crippen LogP contribution < -0.4 is 20.7 Å². The van der Waals surface area contributed by atoms with Crippen molar-refractivity contribution >= 4 is 52.7 Å². The highest BCUT2D eigenvalue weighted by Crippen LogP contribution is 2.53. The molecule has 21 heteroatoms. The van der Waals surface area contributed by atoms with Crippen LogP contribution in [-0.4, -0.2) is 146 Å². The number of aliphatic carboxylic acids is 1. The van der Waals surface area contributed by atoms with Crippen LogP contribution in [0.2, 0.25) is 0 Å². The minimum absolute atomic E-state index is 0.0292. The van der Waals surface area contributed by atoms with Crippen LogP contribution in [0.25, 0.3) is 0 Å². The predicted molar refractivity (Wildman–Crippen MR) is 282 cm³/mol. The average molecular weight is 1100 g/mol. The van der Waals surface area contributed by atoms with Gasteiger partial charge in [-0.15, -0.1) is 0 Å². The smallest absolute Gasteiger partial charge is 0.303 e. The first-order chi connectivity index (χ1) is 37.5. The van der Waals surface area contributed by atoms with Crippen molar-refractivity contribution in [1.29, 1.82) is 0 Å². The number of hydrogen-bond donors (Lipinski definition) is 8. The Morgan fingerprint density at radius 3 is 2.28 bits per heavy atom. The molecule has 3 aromatic carbocycles. The third-order valence-electron chi connectivity index (χ3n) is 15.9. The van der Waals surface area contributed by atoms with Crippen LogP contribution in [0, 0.1) is 23.7 Å². The summed E-state index contributed by atoms with van der Waals surface area (Å²) in [6.07, 6.45) is -3.92. The zero-order chi connectivity index (χ0) is 57.6. The lowest BCUT2D eigenvalue weighted by Crippen LogP contribution is -2.54. The van der Waals surface area contributed by atoms with E-state index in [1.165, 1.54) is 30.2 Å². The molecule has 0 bridgehead atoms. The maximum absolute atomic E-state index is 14.7. The number of carboxylic acid groups (broad SMARTS) is 1. The number of carbonyl (C=O) groups excluding carboxylic acids is 8. The lowest BCUT2D eigenvalue weighted by Gasteiger charge is -2.43. The molecule has 7 rings (SSSR count). The van der Waals surface area contributed by atoms with Gasteiger partial charge in [0.05, 0.1) is 48.5 Å². The molecule has 2 heterocycles. The molecule has 2 aliphatic carbocycles. The second-order valence-electron chi connectivity index (χ2n) is 21.9. The predicted octanol–water partition coefficient (Wildman–Crippen LogP) is 3.78. The van der Waals surface area contributed by atoms with E-state index in [2.05, 4.69) is 16.0 Å². The fourth-order valence-corrected chi connectivity index (χ4v) is 11.3. The highest BCUT2D eigenvalue weighted by atomic mass is 16.7. The zero-order valence-electron chi connectivity index (χ0n) is 45.4. The lowest BCUT2D eigenvalue weighted by atomic mass is 9.72. The van der Waals surface area contributed by atoms with E-state index in [9.17, 15) is 63.6 Å². The van der Waals surface area contributed by atoms with E-state index >= 15 is 0 Å². The number of rotatable bonds is 23. The van der Waals surface area contributed by atoms with Gasteiger partial charge in [-0.05, 0) is 56.6 Å². The molecule has 0 spiro atoms. The molecule has 0 radical (unpaired) electrons. The van der Waals surface area contributed by atoms with Gasteiger partial charge in [0.25, 0.3) is 0 Å². The first-order valence-corrected chi connectivity index (χ1v) is 27.0. The molecular weight excluding hydrogens is 1020 g/mol. The number of ether oxygens (including phenoxy) is 3. The SMILES string of the molecule is COc1cccc2c1C(=O)c1c(O)c3c(c(O)c1C2=O)CC(O)(C(=O)CO)CC3OC1CC(NC(=O)C(CC(=O)C2CCCN2C(=O)C(CC(C)C)NC(=O)C(C)CCNC(=O)CCC(=O)O)Cc2ccccc2)C(C)C(C)O1. The molecule has 8 N–H and O–H groups in total. The number of nitrogens with zero attached hydrogens (tertiary/aromatic N) is 1. The largest absolute Gasteiger partial charge is 0.507 e. The standard InChI is InChI=1S/C58H72N4O17/c1-29(2)22-38(61-55(73)30(3)19-20-59-44(66)17-18-45(67)68)57(75)62-21-11-15-39(62)40(64)24-34(23-33-12-8-7-9-13-33)56(74)60-37-25-46(78-32(5)31(37)4)79-42-27-58(76,43(65)28-63)26-36-48(42)54(72)50-49(52(36)70)51(69)35-14-10-16-41(77-6)47(35)53(50)71/h7-10,12-14,16,29-32,34,37-39,42,46,63,70,72,76H,11,15,17-28H2,1-6H3,(H,59,66)(H,60,74)(H,61,73)(H,67,68). The molecule has 2 fully saturated rings. The van der Waals surface area contributed by atoms with Crippen LogP contribution in [0.3, 0.4) is 0 Å². The van der Waals surface area contributed by atoms with Crippen molar-refractivity contribution in [2.24, 2.45) is 23.7 Å². The van der Waals surface area contributed by atoms with E-state index in [0.717, 1.165) is 5.56 Å². The molecule has 4 aliphatic rings. The number of carbonyl (C=O) groups is 9. The number of aliphatic hydroxyl groups is 2. The maximum Gasteiger partial charge on any atom is 0.303 e. The highest BCUT2D eigenvalue weighted by molar-refractivity contribution is 6.31. The molecule has 21 nitrogen and oxygen atoms in total. The molecule has 10 unspecified atom stereocenters. The number of methoxy groups -OCH3 is 1.